The fourth-order valence-corrected chi connectivity index (χ4v) is 9.26. The second-order valence-corrected chi connectivity index (χ2v) is 16.4. The molecule has 17 nitrogen and oxygen atoms in total. The van der Waals surface area contributed by atoms with Gasteiger partial charge in [-0.2, -0.15) is 0 Å². The Bertz CT molecular complexity index is 2250. The van der Waals surface area contributed by atoms with Crippen LogP contribution in [0.4, 0.5) is 15.3 Å². The highest BCUT2D eigenvalue weighted by molar-refractivity contribution is 5.99. The number of ether oxygens (including phenoxy) is 4. The number of H-pyrrole nitrogens is 1. The molecule has 4 aliphatic heterocycles. The van der Waals surface area contributed by atoms with Crippen LogP contribution in [0.5, 0.6) is 0 Å². The van der Waals surface area contributed by atoms with Gasteiger partial charge in [0.1, 0.15) is 23.9 Å². The number of pyridine rings is 1. The summed E-state index contributed by atoms with van der Waals surface area (Å²) in [6.45, 7) is 3.10. The molecule has 4 N–H and O–H groups in total. The van der Waals surface area contributed by atoms with Gasteiger partial charge in [0.05, 0.1) is 43.4 Å². The molecule has 0 spiro atoms. The second-order valence-electron chi connectivity index (χ2n) is 16.4. The molecule has 5 amide bonds. The van der Waals surface area contributed by atoms with E-state index in [0.717, 1.165) is 46.3 Å². The molecular formula is C45H54N8O9. The van der Waals surface area contributed by atoms with Crippen LogP contribution < -0.4 is 16.0 Å². The normalized spacial score (nSPS) is 20.7. The Labute approximate surface area is 359 Å². The summed E-state index contributed by atoms with van der Waals surface area (Å²) >= 11 is 0. The standard InChI is InChI=1S/C45H54N8O9/c1-59-44(57)50-38(28-15-21-61-22-16-28)42(55)52-19-3-5-36(52)40-46-26-35(49-40)31-10-14-34-30(25-31)9-13-33(48-34)27-7-11-32(12-8-27)47-41(54)37-6-4-20-53(37)43(56)39(51-45(58)60-2)29-17-23-62-24-18-29/h7-14,25-26,28-29,36-39H,3-6,15-24H2,1-2H3,(H,46,49)(H,47,54)(H,50,57)(H,51,58). The van der Waals surface area contributed by atoms with Crippen LogP contribution in [0.3, 0.4) is 0 Å². The Morgan fingerprint density at radius 2 is 1.32 bits per heavy atom. The van der Waals surface area contributed by atoms with Crippen molar-refractivity contribution in [3.8, 4) is 22.5 Å². The first-order chi connectivity index (χ1) is 30.2. The molecule has 0 saturated carbocycles. The van der Waals surface area contributed by atoms with Crippen molar-refractivity contribution < 1.29 is 42.9 Å². The predicted molar refractivity (Wildman–Crippen MR) is 228 cm³/mol. The molecule has 62 heavy (non-hydrogen) atoms. The average molecular weight is 851 g/mol. The number of fused-ring (bicyclic) bond motifs is 1. The Morgan fingerprint density at radius 3 is 1.97 bits per heavy atom. The molecule has 8 rings (SSSR count). The molecule has 0 radical (unpaired) electrons. The quantitative estimate of drug-likeness (QED) is 0.155. The molecule has 4 atom stereocenters. The van der Waals surface area contributed by atoms with Crippen LogP contribution in [0.25, 0.3) is 33.4 Å². The first kappa shape index (κ1) is 42.6. The van der Waals surface area contributed by atoms with Crippen LogP contribution in [0, 0.1) is 11.8 Å². The second kappa shape index (κ2) is 19.3. The number of methoxy groups -OCH3 is 2. The van der Waals surface area contributed by atoms with Gasteiger partial charge in [-0.25, -0.2) is 19.6 Å². The number of carbonyl (C=O) groups excluding carboxylic acids is 5. The molecular weight excluding hydrogens is 797 g/mol. The number of likely N-dealkylation sites (tertiary alicyclic amines) is 2. The van der Waals surface area contributed by atoms with Crippen molar-refractivity contribution in [2.45, 2.75) is 75.5 Å². The molecule has 4 saturated heterocycles. The van der Waals surface area contributed by atoms with Gasteiger partial charge in [-0.05, 0) is 93.5 Å². The van der Waals surface area contributed by atoms with Crippen LogP contribution in [-0.4, -0.2) is 127 Å². The van der Waals surface area contributed by atoms with E-state index in [0.29, 0.717) is 89.6 Å². The third kappa shape index (κ3) is 9.38. The van der Waals surface area contributed by atoms with Gasteiger partial charge in [0.2, 0.25) is 17.7 Å². The van der Waals surface area contributed by atoms with E-state index in [4.69, 9.17) is 28.9 Å². The number of hydrogen-bond acceptors (Lipinski definition) is 11. The summed E-state index contributed by atoms with van der Waals surface area (Å²) in [6.07, 6.45) is 5.87. The van der Waals surface area contributed by atoms with Crippen molar-refractivity contribution >= 4 is 46.5 Å². The minimum Gasteiger partial charge on any atom is -0.453 e. The van der Waals surface area contributed by atoms with Crippen LogP contribution >= 0.6 is 0 Å². The van der Waals surface area contributed by atoms with Crippen LogP contribution in [0.1, 0.15) is 63.2 Å². The number of aromatic amines is 1. The van der Waals surface area contributed by atoms with Crippen molar-refractivity contribution in [1.29, 1.82) is 0 Å². The van der Waals surface area contributed by atoms with Gasteiger partial charge >= 0.3 is 12.2 Å². The summed E-state index contributed by atoms with van der Waals surface area (Å²) in [6, 6.07) is 15.0. The van der Waals surface area contributed by atoms with Crippen molar-refractivity contribution in [2.75, 3.05) is 59.1 Å². The molecule has 328 valence electrons. The lowest BCUT2D eigenvalue weighted by molar-refractivity contribution is -0.140. The summed E-state index contributed by atoms with van der Waals surface area (Å²) in [7, 11) is 2.56. The van der Waals surface area contributed by atoms with E-state index in [9.17, 15) is 24.0 Å². The number of aromatic nitrogens is 3. The lowest BCUT2D eigenvalue weighted by atomic mass is 9.90. The Hall–Kier alpha value is -6.07. The third-order valence-corrected chi connectivity index (χ3v) is 12.7. The van der Waals surface area contributed by atoms with Crippen LogP contribution in [0.15, 0.2) is 60.8 Å². The van der Waals surface area contributed by atoms with Crippen molar-refractivity contribution in [2.24, 2.45) is 11.8 Å². The zero-order valence-corrected chi connectivity index (χ0v) is 35.1. The lowest BCUT2D eigenvalue weighted by Gasteiger charge is -2.34. The van der Waals surface area contributed by atoms with Crippen molar-refractivity contribution in [1.82, 2.24) is 35.4 Å². The van der Waals surface area contributed by atoms with Gasteiger partial charge in [0.25, 0.3) is 0 Å². The smallest absolute Gasteiger partial charge is 0.407 e. The van der Waals surface area contributed by atoms with Crippen LogP contribution in [0.2, 0.25) is 0 Å². The SMILES string of the molecule is COC(=O)NC(C(=O)N1CCCC1C(=O)Nc1ccc(-c2ccc3cc(-c4cnc(C5CCCN5C(=O)C(NC(=O)OC)C5CCOCC5)[nH]4)ccc3n2)cc1)C1CCOCC1. The molecule has 0 aliphatic carbocycles. The van der Waals surface area contributed by atoms with Gasteiger partial charge < -0.3 is 49.7 Å². The van der Waals surface area contributed by atoms with Crippen molar-refractivity contribution in [3.05, 3.63) is 66.6 Å². The zero-order valence-electron chi connectivity index (χ0n) is 35.1. The fourth-order valence-electron chi connectivity index (χ4n) is 9.26. The maximum absolute atomic E-state index is 14.0. The monoisotopic (exact) mass is 850 g/mol. The van der Waals surface area contributed by atoms with E-state index in [1.54, 1.807) is 11.1 Å². The molecule has 0 bridgehead atoms. The highest BCUT2D eigenvalue weighted by Gasteiger charge is 2.42. The maximum atomic E-state index is 14.0. The summed E-state index contributed by atoms with van der Waals surface area (Å²) in [5.41, 5.74) is 4.78. The predicted octanol–water partition coefficient (Wildman–Crippen LogP) is 5.19. The number of rotatable bonds is 11. The van der Waals surface area contributed by atoms with Gasteiger partial charge in [-0.15, -0.1) is 0 Å². The molecule has 2 aromatic carbocycles. The molecule has 4 aliphatic rings. The largest absolute Gasteiger partial charge is 0.453 e. The number of hydrogen-bond donors (Lipinski definition) is 4. The van der Waals surface area contributed by atoms with Gasteiger partial charge in [-0.3, -0.25) is 14.4 Å². The zero-order chi connectivity index (χ0) is 43.2. The Morgan fingerprint density at radius 1 is 0.726 bits per heavy atom. The first-order valence-corrected chi connectivity index (χ1v) is 21.5. The number of anilines is 1. The maximum Gasteiger partial charge on any atom is 0.407 e. The molecule has 4 aromatic rings. The van der Waals surface area contributed by atoms with E-state index in [1.165, 1.54) is 14.2 Å². The molecule has 6 heterocycles. The van der Waals surface area contributed by atoms with E-state index in [2.05, 4.69) is 27.0 Å². The third-order valence-electron chi connectivity index (χ3n) is 12.7. The number of carbonyl (C=O) groups is 5. The molecule has 4 unspecified atom stereocenters. The number of imidazole rings is 1. The Kier molecular flexibility index (Phi) is 13.3. The highest BCUT2D eigenvalue weighted by atomic mass is 16.5. The summed E-state index contributed by atoms with van der Waals surface area (Å²) < 4.78 is 20.7. The first-order valence-electron chi connectivity index (χ1n) is 21.5. The molecule has 17 heteroatoms. The lowest BCUT2D eigenvalue weighted by Crippen LogP contribution is -2.56. The minimum absolute atomic E-state index is 0.0442. The number of nitrogens with zero attached hydrogens (tertiary/aromatic N) is 4. The summed E-state index contributed by atoms with van der Waals surface area (Å²) in [5.74, 6) is -0.156. The van der Waals surface area contributed by atoms with E-state index in [1.807, 2.05) is 53.4 Å². The average Bonchev–Trinajstić information content (AvgIpc) is 4.12. The van der Waals surface area contributed by atoms with Gasteiger partial charge in [-0.1, -0.05) is 24.3 Å². The minimum atomic E-state index is -0.800. The number of benzene rings is 2. The topological polar surface area (TPSA) is 206 Å². The van der Waals surface area contributed by atoms with E-state index >= 15 is 0 Å². The number of amides is 5. The van der Waals surface area contributed by atoms with E-state index < -0.39 is 30.3 Å². The highest BCUT2D eigenvalue weighted by Crippen LogP contribution is 2.35. The number of alkyl carbamates (subject to hydrolysis) is 2. The summed E-state index contributed by atoms with van der Waals surface area (Å²) in [4.78, 5) is 82.4. The van der Waals surface area contributed by atoms with Gasteiger partial charge in [0, 0.05) is 61.7 Å². The van der Waals surface area contributed by atoms with E-state index in [-0.39, 0.29) is 35.6 Å². The summed E-state index contributed by atoms with van der Waals surface area (Å²) in [5, 5.41) is 9.45. The van der Waals surface area contributed by atoms with Crippen LogP contribution in [-0.2, 0) is 33.3 Å². The molecule has 2 aromatic heterocycles. The van der Waals surface area contributed by atoms with Crippen molar-refractivity contribution in [3.63, 3.8) is 0 Å². The Balaban J connectivity index is 0.910. The van der Waals surface area contributed by atoms with Gasteiger partial charge in [0.15, 0.2) is 0 Å². The number of nitrogens with one attached hydrogen (secondary N) is 4. The fraction of sp³-hybridized carbons (Fsp3) is 0.489. The molecule has 4 fully saturated rings.